The molecular formula is C8H4F3N3OS. The third-order valence-corrected chi connectivity index (χ3v) is 2.85. The highest BCUT2D eigenvalue weighted by Gasteiger charge is 2.36. The molecule has 0 aromatic carbocycles. The molecule has 84 valence electrons. The first kappa shape index (κ1) is 10.8. The summed E-state index contributed by atoms with van der Waals surface area (Å²) in [6.45, 7) is 0. The quantitative estimate of drug-likeness (QED) is 0.783. The van der Waals surface area contributed by atoms with Gasteiger partial charge >= 0.3 is 6.18 Å². The van der Waals surface area contributed by atoms with E-state index < -0.39 is 17.8 Å². The van der Waals surface area contributed by atoms with Gasteiger partial charge in [0.05, 0.1) is 15.8 Å². The van der Waals surface area contributed by atoms with Gasteiger partial charge < -0.3 is 5.73 Å². The normalized spacial score (nSPS) is 11.9. The number of anilines is 1. The summed E-state index contributed by atoms with van der Waals surface area (Å²) in [6.07, 6.45) is -4.17. The van der Waals surface area contributed by atoms with Crippen LogP contribution in [0.5, 0.6) is 0 Å². The second kappa shape index (κ2) is 3.41. The third-order valence-electron chi connectivity index (χ3n) is 1.86. The largest absolute Gasteiger partial charge is 0.434 e. The van der Waals surface area contributed by atoms with E-state index in [1.807, 2.05) is 0 Å². The van der Waals surface area contributed by atoms with Gasteiger partial charge in [-0.3, -0.25) is 4.79 Å². The summed E-state index contributed by atoms with van der Waals surface area (Å²) in [6, 6.07) is 0. The van der Waals surface area contributed by atoms with E-state index in [0.717, 1.165) is 11.3 Å². The Morgan fingerprint density at radius 1 is 1.38 bits per heavy atom. The minimum atomic E-state index is -4.61. The second-order valence-corrected chi connectivity index (χ2v) is 3.79. The minimum Gasteiger partial charge on any atom is -0.368 e. The van der Waals surface area contributed by atoms with Crippen molar-refractivity contribution in [1.29, 1.82) is 0 Å². The van der Waals surface area contributed by atoms with E-state index in [0.29, 0.717) is 6.29 Å². The summed E-state index contributed by atoms with van der Waals surface area (Å²) >= 11 is 0.769. The number of thiophene rings is 1. The van der Waals surface area contributed by atoms with Gasteiger partial charge in [0.1, 0.15) is 0 Å². The van der Waals surface area contributed by atoms with Crippen molar-refractivity contribution in [3.63, 3.8) is 0 Å². The molecule has 0 saturated heterocycles. The summed E-state index contributed by atoms with van der Waals surface area (Å²) in [4.78, 5) is 17.4. The SMILES string of the molecule is Nc1nc(C(F)(F)F)c2scc(C=O)c2n1. The van der Waals surface area contributed by atoms with E-state index in [2.05, 4.69) is 9.97 Å². The van der Waals surface area contributed by atoms with E-state index in [1.54, 1.807) is 0 Å². The Bertz CT molecular complexity index is 563. The molecular weight excluding hydrogens is 243 g/mol. The molecule has 16 heavy (non-hydrogen) atoms. The Balaban J connectivity index is 2.85. The van der Waals surface area contributed by atoms with Crippen molar-refractivity contribution in [2.24, 2.45) is 0 Å². The van der Waals surface area contributed by atoms with Gasteiger partial charge in [0, 0.05) is 5.38 Å². The molecule has 0 aliphatic heterocycles. The van der Waals surface area contributed by atoms with E-state index in [1.165, 1.54) is 5.38 Å². The number of hydrogen-bond donors (Lipinski definition) is 1. The number of rotatable bonds is 1. The molecule has 2 rings (SSSR count). The van der Waals surface area contributed by atoms with Crippen LogP contribution in [0, 0.1) is 0 Å². The molecule has 8 heteroatoms. The number of alkyl halides is 3. The highest BCUT2D eigenvalue weighted by molar-refractivity contribution is 7.17. The van der Waals surface area contributed by atoms with Crippen molar-refractivity contribution in [3.05, 3.63) is 16.6 Å². The Labute approximate surface area is 90.9 Å². The van der Waals surface area contributed by atoms with Crippen LogP contribution in [-0.2, 0) is 6.18 Å². The third kappa shape index (κ3) is 1.60. The van der Waals surface area contributed by atoms with Crippen LogP contribution >= 0.6 is 11.3 Å². The zero-order valence-electron chi connectivity index (χ0n) is 7.58. The lowest BCUT2D eigenvalue weighted by atomic mass is 10.2. The maximum Gasteiger partial charge on any atom is 0.434 e. The van der Waals surface area contributed by atoms with Crippen LogP contribution in [0.1, 0.15) is 16.1 Å². The van der Waals surface area contributed by atoms with Crippen molar-refractivity contribution in [1.82, 2.24) is 9.97 Å². The number of carbonyl (C=O) groups is 1. The summed E-state index contributed by atoms with van der Waals surface area (Å²) in [5, 5.41) is 1.29. The summed E-state index contributed by atoms with van der Waals surface area (Å²) in [7, 11) is 0. The fourth-order valence-corrected chi connectivity index (χ4v) is 2.19. The first-order chi connectivity index (χ1) is 7.43. The standard InChI is InChI=1S/C8H4F3N3OS/c9-8(10,11)6-5-4(13-7(12)14-6)3(1-15)2-16-5/h1-2H,(H2,12,13,14). The van der Waals surface area contributed by atoms with E-state index in [-0.39, 0.29) is 15.8 Å². The fraction of sp³-hybridized carbons (Fsp3) is 0.125. The average Bonchev–Trinajstić information content (AvgIpc) is 2.57. The lowest BCUT2D eigenvalue weighted by molar-refractivity contribution is -0.139. The highest BCUT2D eigenvalue weighted by atomic mass is 32.1. The van der Waals surface area contributed by atoms with Crippen LogP contribution in [-0.4, -0.2) is 16.3 Å². The van der Waals surface area contributed by atoms with Crippen LogP contribution in [0.2, 0.25) is 0 Å². The van der Waals surface area contributed by atoms with E-state index in [9.17, 15) is 18.0 Å². The number of nitrogen functional groups attached to an aromatic ring is 1. The van der Waals surface area contributed by atoms with Gasteiger partial charge in [0.15, 0.2) is 12.0 Å². The predicted molar refractivity (Wildman–Crippen MR) is 52.2 cm³/mol. The van der Waals surface area contributed by atoms with Crippen molar-refractivity contribution < 1.29 is 18.0 Å². The Hall–Kier alpha value is -1.70. The van der Waals surface area contributed by atoms with E-state index >= 15 is 0 Å². The number of carbonyl (C=O) groups excluding carboxylic acids is 1. The van der Waals surface area contributed by atoms with Gasteiger partial charge in [-0.25, -0.2) is 9.97 Å². The highest BCUT2D eigenvalue weighted by Crippen LogP contribution is 2.36. The van der Waals surface area contributed by atoms with Crippen molar-refractivity contribution in [3.8, 4) is 0 Å². The number of aldehydes is 1. The van der Waals surface area contributed by atoms with Crippen LogP contribution in [0.15, 0.2) is 5.38 Å². The minimum absolute atomic E-state index is 0.0557. The molecule has 4 nitrogen and oxygen atoms in total. The Kier molecular flexibility index (Phi) is 2.30. The fourth-order valence-electron chi connectivity index (χ4n) is 1.23. The molecule has 0 fully saturated rings. The molecule has 0 amide bonds. The molecule has 0 aliphatic rings. The summed E-state index contributed by atoms with van der Waals surface area (Å²) in [5.74, 6) is -0.499. The predicted octanol–water partition coefficient (Wildman–Crippen LogP) is 2.10. The van der Waals surface area contributed by atoms with Crippen LogP contribution in [0.4, 0.5) is 19.1 Å². The number of fused-ring (bicyclic) bond motifs is 1. The van der Waals surface area contributed by atoms with Crippen molar-refractivity contribution in [2.75, 3.05) is 5.73 Å². The van der Waals surface area contributed by atoms with Gasteiger partial charge in [-0.05, 0) is 0 Å². The number of halogens is 3. The van der Waals surface area contributed by atoms with Crippen molar-refractivity contribution >= 4 is 33.8 Å². The van der Waals surface area contributed by atoms with E-state index in [4.69, 9.17) is 5.73 Å². The monoisotopic (exact) mass is 247 g/mol. The zero-order valence-corrected chi connectivity index (χ0v) is 8.39. The topological polar surface area (TPSA) is 68.9 Å². The molecule has 0 radical (unpaired) electrons. The lowest BCUT2D eigenvalue weighted by Gasteiger charge is -2.06. The van der Waals surface area contributed by atoms with Gasteiger partial charge in [0.25, 0.3) is 0 Å². The summed E-state index contributed by atoms with van der Waals surface area (Å²) < 4.78 is 37.6. The molecule has 0 aliphatic carbocycles. The number of nitrogens with two attached hydrogens (primary N) is 1. The Morgan fingerprint density at radius 2 is 2.06 bits per heavy atom. The smallest absolute Gasteiger partial charge is 0.368 e. The van der Waals surface area contributed by atoms with Crippen LogP contribution in [0.3, 0.4) is 0 Å². The van der Waals surface area contributed by atoms with Gasteiger partial charge in [-0.1, -0.05) is 0 Å². The Morgan fingerprint density at radius 3 is 2.62 bits per heavy atom. The number of aromatic nitrogens is 2. The molecule has 2 aromatic rings. The number of nitrogens with zero attached hydrogens (tertiary/aromatic N) is 2. The molecule has 0 bridgehead atoms. The van der Waals surface area contributed by atoms with Crippen LogP contribution < -0.4 is 5.73 Å². The molecule has 2 aromatic heterocycles. The number of hydrogen-bond acceptors (Lipinski definition) is 5. The molecule has 2 heterocycles. The lowest BCUT2D eigenvalue weighted by Crippen LogP contribution is -2.11. The van der Waals surface area contributed by atoms with Gasteiger partial charge in [-0.2, -0.15) is 13.2 Å². The van der Waals surface area contributed by atoms with Crippen molar-refractivity contribution in [2.45, 2.75) is 6.18 Å². The summed E-state index contributed by atoms with van der Waals surface area (Å²) in [5.41, 5.74) is 4.09. The second-order valence-electron chi connectivity index (χ2n) is 2.91. The first-order valence-electron chi connectivity index (χ1n) is 4.00. The molecule has 0 spiro atoms. The molecule has 0 saturated carbocycles. The molecule has 0 unspecified atom stereocenters. The van der Waals surface area contributed by atoms with Crippen LogP contribution in [0.25, 0.3) is 10.2 Å². The molecule has 2 N–H and O–H groups in total. The van der Waals surface area contributed by atoms with Gasteiger partial charge in [-0.15, -0.1) is 11.3 Å². The maximum absolute atomic E-state index is 12.6. The first-order valence-corrected chi connectivity index (χ1v) is 4.88. The average molecular weight is 247 g/mol. The maximum atomic E-state index is 12.6. The zero-order chi connectivity index (χ0) is 11.9. The van der Waals surface area contributed by atoms with Gasteiger partial charge in [0.2, 0.25) is 5.95 Å². The molecule has 0 atom stereocenters.